The molecule has 0 saturated heterocycles. The minimum atomic E-state index is -0.810. The highest BCUT2D eigenvalue weighted by Crippen LogP contribution is 2.38. The normalized spacial score (nSPS) is 15.3. The molecule has 10 heteroatoms. The van der Waals surface area contributed by atoms with Gasteiger partial charge in [-0.3, -0.25) is 9.36 Å². The molecule has 7 nitrogen and oxygen atoms in total. The molecule has 1 atom stereocenters. The predicted molar refractivity (Wildman–Crippen MR) is 148 cm³/mol. The van der Waals surface area contributed by atoms with Gasteiger partial charge in [-0.25, -0.2) is 9.79 Å². The lowest BCUT2D eigenvalue weighted by Gasteiger charge is -2.27. The number of carbonyl (C=O) groups excluding carboxylic acids is 1. The number of hydrogen-bond donors (Lipinski definition) is 0. The predicted octanol–water partition coefficient (Wildman–Crippen LogP) is 5.01. The fraction of sp³-hybridized carbons (Fsp3) is 0.296. The fourth-order valence-electron chi connectivity index (χ4n) is 4.26. The highest BCUT2D eigenvalue weighted by molar-refractivity contribution is 9.10. The Hall–Kier alpha value is -2.88. The molecule has 194 valence electrons. The van der Waals surface area contributed by atoms with Gasteiger partial charge in [-0.15, -0.1) is 0 Å². The molecular weight excluding hydrogens is 580 g/mol. The van der Waals surface area contributed by atoms with Crippen molar-refractivity contribution < 1.29 is 19.0 Å². The lowest BCUT2D eigenvalue weighted by atomic mass is 9.93. The zero-order valence-corrected chi connectivity index (χ0v) is 24.0. The number of hydrogen-bond acceptors (Lipinski definition) is 7. The standard InChI is InChI=1S/C27H26BrClN2O5S/c1-5-7-19-23(26(33)36-6-2)24(17-14-16(29)9-11-20(17)34-3)31-25(32)22(37-27(31)30-19)13-15-8-10-21(35-4)18(28)12-15/h8-14,24H,5-7H2,1-4H3/b22-13+/t24-/m1/s1. The van der Waals surface area contributed by atoms with Gasteiger partial charge in [0.25, 0.3) is 5.56 Å². The van der Waals surface area contributed by atoms with Gasteiger partial charge in [-0.05, 0) is 71.2 Å². The Morgan fingerprint density at radius 1 is 1.16 bits per heavy atom. The lowest BCUT2D eigenvalue weighted by molar-refractivity contribution is -0.139. The highest BCUT2D eigenvalue weighted by atomic mass is 79.9. The van der Waals surface area contributed by atoms with Crippen LogP contribution in [0.15, 0.2) is 61.9 Å². The topological polar surface area (TPSA) is 79.1 Å². The van der Waals surface area contributed by atoms with E-state index in [1.54, 1.807) is 45.4 Å². The van der Waals surface area contributed by atoms with Crippen molar-refractivity contribution in [2.24, 2.45) is 4.99 Å². The summed E-state index contributed by atoms with van der Waals surface area (Å²) in [6, 6.07) is 9.91. The molecule has 0 amide bonds. The van der Waals surface area contributed by atoms with Gasteiger partial charge in [0.05, 0.1) is 41.1 Å². The van der Waals surface area contributed by atoms with Crippen LogP contribution in [0.4, 0.5) is 0 Å². The molecule has 4 rings (SSSR count). The first-order valence-corrected chi connectivity index (χ1v) is 13.7. The molecule has 1 aliphatic heterocycles. The number of ether oxygens (including phenoxy) is 3. The average molecular weight is 606 g/mol. The van der Waals surface area contributed by atoms with Crippen molar-refractivity contribution in [2.75, 3.05) is 20.8 Å². The van der Waals surface area contributed by atoms with Crippen LogP contribution in [0, 0.1) is 0 Å². The van der Waals surface area contributed by atoms with E-state index in [1.807, 2.05) is 25.1 Å². The monoisotopic (exact) mass is 604 g/mol. The molecule has 0 unspecified atom stereocenters. The highest BCUT2D eigenvalue weighted by Gasteiger charge is 2.36. The molecule has 0 spiro atoms. The van der Waals surface area contributed by atoms with Crippen LogP contribution < -0.4 is 24.4 Å². The summed E-state index contributed by atoms with van der Waals surface area (Å²) in [4.78, 5) is 32.5. The number of allylic oxidation sites excluding steroid dienone is 1. The summed E-state index contributed by atoms with van der Waals surface area (Å²) in [5.74, 6) is 0.674. The molecule has 1 aliphatic rings. The quantitative estimate of drug-likeness (QED) is 0.337. The van der Waals surface area contributed by atoms with Gasteiger partial charge in [0.2, 0.25) is 0 Å². The number of fused-ring (bicyclic) bond motifs is 1. The summed E-state index contributed by atoms with van der Waals surface area (Å²) in [7, 11) is 3.13. The summed E-state index contributed by atoms with van der Waals surface area (Å²) >= 11 is 11.1. The maximum atomic E-state index is 13.9. The number of thiazole rings is 1. The Bertz CT molecular complexity index is 1560. The third kappa shape index (κ3) is 5.39. The van der Waals surface area contributed by atoms with Crippen LogP contribution in [0.25, 0.3) is 6.08 Å². The van der Waals surface area contributed by atoms with E-state index in [2.05, 4.69) is 15.9 Å². The second-order valence-corrected chi connectivity index (χ2v) is 10.5. The molecule has 0 N–H and O–H groups in total. The third-order valence-electron chi connectivity index (χ3n) is 5.85. The Kier molecular flexibility index (Phi) is 8.56. The van der Waals surface area contributed by atoms with E-state index in [9.17, 15) is 9.59 Å². The van der Waals surface area contributed by atoms with Crippen LogP contribution in [0.5, 0.6) is 11.5 Å². The van der Waals surface area contributed by atoms with Gasteiger partial charge in [0.15, 0.2) is 4.80 Å². The van der Waals surface area contributed by atoms with Gasteiger partial charge in [-0.1, -0.05) is 42.3 Å². The first kappa shape index (κ1) is 27.2. The second kappa shape index (κ2) is 11.7. The maximum Gasteiger partial charge on any atom is 0.338 e. The van der Waals surface area contributed by atoms with Crippen molar-refractivity contribution in [2.45, 2.75) is 32.7 Å². The number of nitrogens with zero attached hydrogens (tertiary/aromatic N) is 2. The SMILES string of the molecule is CCCC1=C(C(=O)OCC)[C@@H](c2cc(Cl)ccc2OC)n2c(s/c(=C/c3ccc(OC)c(Br)c3)c2=O)=N1. The van der Waals surface area contributed by atoms with E-state index in [1.165, 1.54) is 15.9 Å². The number of rotatable bonds is 8. The number of methoxy groups -OCH3 is 2. The van der Waals surface area contributed by atoms with Gasteiger partial charge >= 0.3 is 5.97 Å². The van der Waals surface area contributed by atoms with Crippen molar-refractivity contribution in [1.29, 1.82) is 0 Å². The average Bonchev–Trinajstić information content (AvgIpc) is 3.18. The van der Waals surface area contributed by atoms with E-state index in [-0.39, 0.29) is 12.2 Å². The van der Waals surface area contributed by atoms with Gasteiger partial charge in [0.1, 0.15) is 17.5 Å². The Balaban J connectivity index is 2.03. The second-order valence-electron chi connectivity index (χ2n) is 8.19. The minimum absolute atomic E-state index is 0.192. The Morgan fingerprint density at radius 2 is 1.89 bits per heavy atom. The van der Waals surface area contributed by atoms with Crippen molar-refractivity contribution in [3.63, 3.8) is 0 Å². The summed E-state index contributed by atoms with van der Waals surface area (Å²) in [5.41, 5.74) is 2.03. The van der Waals surface area contributed by atoms with Crippen LogP contribution in [0.2, 0.25) is 5.02 Å². The molecule has 0 bridgehead atoms. The molecule has 0 aliphatic carbocycles. The number of benzene rings is 2. The summed E-state index contributed by atoms with van der Waals surface area (Å²) in [6.45, 7) is 3.95. The Labute approximate surface area is 231 Å². The summed E-state index contributed by atoms with van der Waals surface area (Å²) in [6.07, 6.45) is 3.10. The first-order valence-electron chi connectivity index (χ1n) is 11.7. The zero-order valence-electron chi connectivity index (χ0n) is 20.8. The number of halogens is 2. The van der Waals surface area contributed by atoms with Gasteiger partial charge in [0, 0.05) is 10.6 Å². The largest absolute Gasteiger partial charge is 0.496 e. The van der Waals surface area contributed by atoms with Crippen molar-refractivity contribution in [1.82, 2.24) is 4.57 Å². The molecular formula is C27H26BrClN2O5S. The van der Waals surface area contributed by atoms with E-state index >= 15 is 0 Å². The maximum absolute atomic E-state index is 13.9. The van der Waals surface area contributed by atoms with E-state index in [0.717, 1.165) is 16.5 Å². The fourth-order valence-corrected chi connectivity index (χ4v) is 6.02. The van der Waals surface area contributed by atoms with Crippen molar-refractivity contribution >= 4 is 50.9 Å². The molecule has 2 heterocycles. The molecule has 3 aromatic rings. The van der Waals surface area contributed by atoms with Gasteiger partial charge in [-0.2, -0.15) is 0 Å². The first-order chi connectivity index (χ1) is 17.8. The summed E-state index contributed by atoms with van der Waals surface area (Å²) < 4.78 is 19.2. The number of carbonyl (C=O) groups is 1. The number of aromatic nitrogens is 1. The van der Waals surface area contributed by atoms with E-state index in [0.29, 0.717) is 49.1 Å². The van der Waals surface area contributed by atoms with Crippen LogP contribution in [-0.2, 0) is 9.53 Å². The molecule has 0 saturated carbocycles. The van der Waals surface area contributed by atoms with Crippen LogP contribution >= 0.6 is 38.9 Å². The van der Waals surface area contributed by atoms with Gasteiger partial charge < -0.3 is 14.2 Å². The lowest BCUT2D eigenvalue weighted by Crippen LogP contribution is -2.40. The Morgan fingerprint density at radius 3 is 2.54 bits per heavy atom. The third-order valence-corrected chi connectivity index (χ3v) is 7.69. The van der Waals surface area contributed by atoms with Crippen LogP contribution in [0.1, 0.15) is 43.9 Å². The van der Waals surface area contributed by atoms with E-state index in [4.69, 9.17) is 30.8 Å². The van der Waals surface area contributed by atoms with Crippen LogP contribution in [0.3, 0.4) is 0 Å². The molecule has 2 aromatic carbocycles. The molecule has 1 aromatic heterocycles. The summed E-state index contributed by atoms with van der Waals surface area (Å²) in [5, 5.41) is 0.457. The van der Waals surface area contributed by atoms with Crippen molar-refractivity contribution in [3.05, 3.63) is 88.0 Å². The minimum Gasteiger partial charge on any atom is -0.496 e. The van der Waals surface area contributed by atoms with E-state index < -0.39 is 12.0 Å². The number of esters is 1. The molecule has 0 radical (unpaired) electrons. The van der Waals surface area contributed by atoms with Crippen LogP contribution in [-0.4, -0.2) is 31.4 Å². The van der Waals surface area contributed by atoms with Crippen molar-refractivity contribution in [3.8, 4) is 11.5 Å². The zero-order chi connectivity index (χ0) is 26.7. The molecule has 37 heavy (non-hydrogen) atoms. The molecule has 0 fully saturated rings. The smallest absolute Gasteiger partial charge is 0.338 e.